The number of amides is 1. The lowest BCUT2D eigenvalue weighted by Crippen LogP contribution is -2.36. The van der Waals surface area contributed by atoms with Crippen molar-refractivity contribution in [2.24, 2.45) is 5.41 Å². The number of phenolic OH excluding ortho intramolecular Hbond substituents is 1. The van der Waals surface area contributed by atoms with Crippen molar-refractivity contribution in [3.05, 3.63) is 29.8 Å². The number of carboxylic acids is 1. The molecule has 1 aliphatic heterocycles. The fourth-order valence-corrected chi connectivity index (χ4v) is 2.83. The van der Waals surface area contributed by atoms with Gasteiger partial charge in [0.2, 0.25) is 0 Å². The fourth-order valence-electron chi connectivity index (χ4n) is 2.83. The van der Waals surface area contributed by atoms with E-state index >= 15 is 0 Å². The van der Waals surface area contributed by atoms with Crippen molar-refractivity contribution >= 4 is 11.9 Å². The number of hydrogen-bond acceptors (Lipinski definition) is 3. The van der Waals surface area contributed by atoms with Gasteiger partial charge in [0.15, 0.2) is 0 Å². The summed E-state index contributed by atoms with van der Waals surface area (Å²) in [5, 5.41) is 19.2. The minimum absolute atomic E-state index is 0.0687. The van der Waals surface area contributed by atoms with Gasteiger partial charge in [0.25, 0.3) is 5.91 Å². The van der Waals surface area contributed by atoms with Crippen molar-refractivity contribution in [1.29, 1.82) is 0 Å². The molecule has 0 aliphatic carbocycles. The van der Waals surface area contributed by atoms with Gasteiger partial charge in [-0.15, -0.1) is 0 Å². The van der Waals surface area contributed by atoms with E-state index in [2.05, 4.69) is 0 Å². The van der Waals surface area contributed by atoms with Gasteiger partial charge in [0.1, 0.15) is 5.75 Å². The molecule has 0 spiro atoms. The number of likely N-dealkylation sites (tertiary alicyclic amines) is 1. The third-order valence-corrected chi connectivity index (χ3v) is 3.96. The van der Waals surface area contributed by atoms with Gasteiger partial charge in [-0.2, -0.15) is 0 Å². The first kappa shape index (κ1) is 14.4. The van der Waals surface area contributed by atoms with E-state index < -0.39 is 11.4 Å². The van der Waals surface area contributed by atoms with Crippen LogP contribution in [0.2, 0.25) is 0 Å². The van der Waals surface area contributed by atoms with E-state index in [-0.39, 0.29) is 23.8 Å². The van der Waals surface area contributed by atoms with Crippen molar-refractivity contribution in [1.82, 2.24) is 4.90 Å². The minimum Gasteiger partial charge on any atom is -0.507 e. The van der Waals surface area contributed by atoms with Gasteiger partial charge in [0.05, 0.1) is 11.0 Å². The largest absolute Gasteiger partial charge is 0.507 e. The molecule has 1 aliphatic rings. The summed E-state index contributed by atoms with van der Waals surface area (Å²) in [5.74, 6) is -1.21. The molecule has 1 heterocycles. The number of carbonyl (C=O) groups is 2. The Balaban J connectivity index is 2.19. The predicted molar refractivity (Wildman–Crippen MR) is 73.6 cm³/mol. The van der Waals surface area contributed by atoms with Crippen molar-refractivity contribution < 1.29 is 19.8 Å². The summed E-state index contributed by atoms with van der Waals surface area (Å²) in [4.78, 5) is 25.4. The molecule has 5 heteroatoms. The number of nitrogens with zero attached hydrogens (tertiary/aromatic N) is 1. The van der Waals surface area contributed by atoms with Gasteiger partial charge in [-0.25, -0.2) is 0 Å². The lowest BCUT2D eigenvalue weighted by molar-refractivity contribution is -0.148. The Morgan fingerprint density at radius 2 is 2.05 bits per heavy atom. The van der Waals surface area contributed by atoms with Crippen LogP contribution in [0.5, 0.6) is 5.75 Å². The molecule has 0 bridgehead atoms. The average molecular weight is 277 g/mol. The first-order valence-electron chi connectivity index (χ1n) is 6.81. The summed E-state index contributed by atoms with van der Waals surface area (Å²) in [7, 11) is 0. The summed E-state index contributed by atoms with van der Waals surface area (Å²) in [6.45, 7) is 2.57. The second-order valence-electron chi connectivity index (χ2n) is 5.33. The van der Waals surface area contributed by atoms with Crippen LogP contribution in [-0.4, -0.2) is 40.1 Å². The number of benzene rings is 1. The van der Waals surface area contributed by atoms with Crippen LogP contribution >= 0.6 is 0 Å². The molecule has 2 rings (SSSR count). The Morgan fingerprint density at radius 1 is 1.35 bits per heavy atom. The molecule has 1 atom stereocenters. The standard InChI is InChI=1S/C15H19NO4/c1-2-7-15(14(19)20)8-9-16(10-15)13(18)11-5-3-4-6-12(11)17/h3-6,17H,2,7-10H2,1H3,(H,19,20). The van der Waals surface area contributed by atoms with Crippen LogP contribution in [0.4, 0.5) is 0 Å². The third-order valence-electron chi connectivity index (χ3n) is 3.96. The Bertz CT molecular complexity index is 528. The monoisotopic (exact) mass is 277 g/mol. The summed E-state index contributed by atoms with van der Waals surface area (Å²) < 4.78 is 0. The zero-order valence-electron chi connectivity index (χ0n) is 11.5. The minimum atomic E-state index is -0.841. The van der Waals surface area contributed by atoms with E-state index in [1.807, 2.05) is 6.92 Å². The van der Waals surface area contributed by atoms with Crippen LogP contribution in [0.1, 0.15) is 36.5 Å². The molecule has 1 saturated heterocycles. The molecular formula is C15H19NO4. The van der Waals surface area contributed by atoms with Crippen molar-refractivity contribution in [3.63, 3.8) is 0 Å². The molecule has 0 radical (unpaired) electrons. The van der Waals surface area contributed by atoms with E-state index in [9.17, 15) is 19.8 Å². The van der Waals surface area contributed by atoms with Gasteiger partial charge in [0, 0.05) is 13.1 Å². The lowest BCUT2D eigenvalue weighted by atomic mass is 9.83. The Kier molecular flexibility index (Phi) is 3.97. The predicted octanol–water partition coefficient (Wildman–Crippen LogP) is 2.11. The zero-order chi connectivity index (χ0) is 14.8. The number of aromatic hydroxyl groups is 1. The molecule has 5 nitrogen and oxygen atoms in total. The SMILES string of the molecule is CCCC1(C(=O)O)CCN(C(=O)c2ccccc2O)C1. The van der Waals surface area contributed by atoms with Gasteiger partial charge in [-0.3, -0.25) is 9.59 Å². The highest BCUT2D eigenvalue weighted by molar-refractivity contribution is 5.97. The maximum atomic E-state index is 12.4. The van der Waals surface area contributed by atoms with Gasteiger partial charge in [-0.1, -0.05) is 25.5 Å². The topological polar surface area (TPSA) is 77.8 Å². The summed E-state index contributed by atoms with van der Waals surface area (Å²) in [6.07, 6.45) is 1.80. The molecule has 1 unspecified atom stereocenters. The first-order valence-corrected chi connectivity index (χ1v) is 6.81. The van der Waals surface area contributed by atoms with Crippen molar-refractivity contribution in [2.45, 2.75) is 26.2 Å². The number of phenols is 1. The van der Waals surface area contributed by atoms with Crippen LogP contribution in [0, 0.1) is 5.41 Å². The quantitative estimate of drug-likeness (QED) is 0.883. The second kappa shape index (κ2) is 5.53. The van der Waals surface area contributed by atoms with Crippen LogP contribution in [0.25, 0.3) is 0 Å². The Morgan fingerprint density at radius 3 is 2.65 bits per heavy atom. The number of carboxylic acid groups (broad SMARTS) is 1. The number of aliphatic carboxylic acids is 1. The van der Waals surface area contributed by atoms with E-state index in [1.165, 1.54) is 11.0 Å². The van der Waals surface area contributed by atoms with E-state index in [0.717, 1.165) is 6.42 Å². The highest BCUT2D eigenvalue weighted by Gasteiger charge is 2.45. The molecule has 1 amide bonds. The number of rotatable bonds is 4. The van der Waals surface area contributed by atoms with E-state index in [1.54, 1.807) is 18.2 Å². The van der Waals surface area contributed by atoms with Crippen LogP contribution < -0.4 is 0 Å². The van der Waals surface area contributed by atoms with Crippen molar-refractivity contribution in [3.8, 4) is 5.75 Å². The first-order chi connectivity index (χ1) is 9.50. The number of para-hydroxylation sites is 1. The highest BCUT2D eigenvalue weighted by atomic mass is 16.4. The second-order valence-corrected chi connectivity index (χ2v) is 5.33. The van der Waals surface area contributed by atoms with Crippen LogP contribution in [0.15, 0.2) is 24.3 Å². The lowest BCUT2D eigenvalue weighted by Gasteiger charge is -2.24. The molecule has 2 N–H and O–H groups in total. The summed E-state index contributed by atoms with van der Waals surface area (Å²) in [5.41, 5.74) is -0.611. The van der Waals surface area contributed by atoms with Crippen LogP contribution in [0.3, 0.4) is 0 Å². The molecule has 0 aromatic heterocycles. The molecule has 108 valence electrons. The molecule has 1 aromatic rings. The maximum Gasteiger partial charge on any atom is 0.311 e. The highest BCUT2D eigenvalue weighted by Crippen LogP contribution is 2.36. The molecular weight excluding hydrogens is 258 g/mol. The van der Waals surface area contributed by atoms with Gasteiger partial charge >= 0.3 is 5.97 Å². The number of hydrogen-bond donors (Lipinski definition) is 2. The van der Waals surface area contributed by atoms with Crippen LogP contribution in [-0.2, 0) is 4.79 Å². The number of carbonyl (C=O) groups excluding carboxylic acids is 1. The van der Waals surface area contributed by atoms with Gasteiger partial charge in [-0.05, 0) is 25.0 Å². The van der Waals surface area contributed by atoms with E-state index in [0.29, 0.717) is 19.4 Å². The maximum absolute atomic E-state index is 12.4. The summed E-state index contributed by atoms with van der Waals surface area (Å²) >= 11 is 0. The summed E-state index contributed by atoms with van der Waals surface area (Å²) in [6, 6.07) is 6.34. The molecule has 1 fully saturated rings. The van der Waals surface area contributed by atoms with Gasteiger partial charge < -0.3 is 15.1 Å². The normalized spacial score (nSPS) is 21.9. The van der Waals surface area contributed by atoms with E-state index in [4.69, 9.17) is 0 Å². The third kappa shape index (κ3) is 2.48. The zero-order valence-corrected chi connectivity index (χ0v) is 11.5. The Labute approximate surface area is 117 Å². The fraction of sp³-hybridized carbons (Fsp3) is 0.467. The smallest absolute Gasteiger partial charge is 0.311 e. The average Bonchev–Trinajstić information content (AvgIpc) is 2.85. The Hall–Kier alpha value is -2.04. The molecule has 20 heavy (non-hydrogen) atoms. The molecule has 1 aromatic carbocycles. The van der Waals surface area contributed by atoms with Crippen molar-refractivity contribution in [2.75, 3.05) is 13.1 Å². The molecule has 0 saturated carbocycles.